The quantitative estimate of drug-likeness (QED) is 0.796. The number of ether oxygens (including phenoxy) is 3. The molecule has 2 heterocycles. The maximum atomic E-state index is 10.3. The fourth-order valence-corrected chi connectivity index (χ4v) is 3.62. The van der Waals surface area contributed by atoms with Crippen LogP contribution in [0.5, 0.6) is 0 Å². The molecule has 138 valence electrons. The number of fused-ring (bicyclic) bond motifs is 1. The molecular formula is C21H25NO4. The lowest BCUT2D eigenvalue weighted by Gasteiger charge is -2.20. The van der Waals surface area contributed by atoms with Gasteiger partial charge in [0.1, 0.15) is 18.3 Å². The molecule has 0 spiro atoms. The summed E-state index contributed by atoms with van der Waals surface area (Å²) in [4.78, 5) is 0. The standard InChI is InChI=1S/C21H25NO4/c23-18(16-9-5-2-6-10-16)11-22-17-13-25-21-19(14-26-20(17)21)24-12-15-7-3-1-4-8-15/h1-10,17-23H,11-14H2/t17-,18+,19-,20-,21-/m1/s1. The van der Waals surface area contributed by atoms with Crippen molar-refractivity contribution in [3.05, 3.63) is 71.8 Å². The fraction of sp³-hybridized carbons (Fsp3) is 0.429. The predicted octanol–water partition coefficient (Wildman–Crippen LogP) is 2.06. The summed E-state index contributed by atoms with van der Waals surface area (Å²) in [5.74, 6) is 0. The smallest absolute Gasteiger partial charge is 0.114 e. The average molecular weight is 355 g/mol. The number of hydrogen-bond donors (Lipinski definition) is 2. The molecule has 0 bridgehead atoms. The number of rotatable bonds is 7. The van der Waals surface area contributed by atoms with Crippen LogP contribution in [0.15, 0.2) is 60.7 Å². The Morgan fingerprint density at radius 2 is 1.65 bits per heavy atom. The second-order valence-corrected chi connectivity index (χ2v) is 6.87. The van der Waals surface area contributed by atoms with Gasteiger partial charge in [-0.2, -0.15) is 0 Å². The molecule has 4 rings (SSSR count). The minimum absolute atomic E-state index is 0.0289. The molecule has 0 saturated carbocycles. The molecule has 5 atom stereocenters. The van der Waals surface area contributed by atoms with Crippen molar-refractivity contribution in [3.63, 3.8) is 0 Å². The fourth-order valence-electron chi connectivity index (χ4n) is 3.62. The molecule has 0 unspecified atom stereocenters. The molecule has 5 heteroatoms. The van der Waals surface area contributed by atoms with Crippen molar-refractivity contribution in [1.29, 1.82) is 0 Å². The molecule has 0 radical (unpaired) electrons. The van der Waals surface area contributed by atoms with Crippen molar-refractivity contribution in [3.8, 4) is 0 Å². The maximum absolute atomic E-state index is 10.3. The number of hydrogen-bond acceptors (Lipinski definition) is 5. The van der Waals surface area contributed by atoms with Crippen LogP contribution in [0, 0.1) is 0 Å². The van der Waals surface area contributed by atoms with Gasteiger partial charge in [0.25, 0.3) is 0 Å². The molecule has 0 amide bonds. The molecule has 2 aliphatic heterocycles. The number of aliphatic hydroxyl groups is 1. The maximum Gasteiger partial charge on any atom is 0.114 e. The second kappa shape index (κ2) is 8.29. The van der Waals surface area contributed by atoms with E-state index in [1.54, 1.807) is 0 Å². The van der Waals surface area contributed by atoms with Crippen LogP contribution in [0.3, 0.4) is 0 Å². The summed E-state index contributed by atoms with van der Waals surface area (Å²) in [5, 5.41) is 13.7. The van der Waals surface area contributed by atoms with Crippen LogP contribution in [-0.4, -0.2) is 49.2 Å². The van der Waals surface area contributed by atoms with Gasteiger partial charge in [-0.15, -0.1) is 0 Å². The van der Waals surface area contributed by atoms with E-state index in [9.17, 15) is 5.11 Å². The topological polar surface area (TPSA) is 60.0 Å². The van der Waals surface area contributed by atoms with Gasteiger partial charge in [-0.25, -0.2) is 0 Å². The van der Waals surface area contributed by atoms with Gasteiger partial charge in [0.2, 0.25) is 0 Å². The zero-order valence-electron chi connectivity index (χ0n) is 14.7. The number of benzene rings is 2. The minimum atomic E-state index is -0.540. The Hall–Kier alpha value is -1.76. The second-order valence-electron chi connectivity index (χ2n) is 6.87. The van der Waals surface area contributed by atoms with Gasteiger partial charge in [-0.3, -0.25) is 0 Å². The van der Waals surface area contributed by atoms with E-state index in [0.29, 0.717) is 26.4 Å². The first-order chi connectivity index (χ1) is 12.8. The van der Waals surface area contributed by atoms with E-state index in [1.165, 1.54) is 0 Å². The van der Waals surface area contributed by atoms with E-state index in [4.69, 9.17) is 14.2 Å². The van der Waals surface area contributed by atoms with Gasteiger partial charge in [0.05, 0.1) is 32.0 Å². The third-order valence-corrected chi connectivity index (χ3v) is 5.07. The van der Waals surface area contributed by atoms with E-state index in [-0.39, 0.29) is 24.4 Å². The van der Waals surface area contributed by atoms with Crippen molar-refractivity contribution in [2.24, 2.45) is 0 Å². The lowest BCUT2D eigenvalue weighted by Crippen LogP contribution is -2.43. The van der Waals surface area contributed by atoms with E-state index in [1.807, 2.05) is 48.5 Å². The van der Waals surface area contributed by atoms with Crippen LogP contribution in [0.1, 0.15) is 17.2 Å². The third-order valence-electron chi connectivity index (χ3n) is 5.07. The summed E-state index contributed by atoms with van der Waals surface area (Å²) in [6.45, 7) is 2.15. The van der Waals surface area contributed by atoms with E-state index in [2.05, 4.69) is 17.4 Å². The van der Waals surface area contributed by atoms with E-state index < -0.39 is 6.10 Å². The van der Waals surface area contributed by atoms with Gasteiger partial charge in [0.15, 0.2) is 0 Å². The minimum Gasteiger partial charge on any atom is -0.387 e. The summed E-state index contributed by atoms with van der Waals surface area (Å²) in [6.07, 6.45) is -0.670. The molecule has 26 heavy (non-hydrogen) atoms. The highest BCUT2D eigenvalue weighted by Crippen LogP contribution is 2.29. The number of nitrogens with one attached hydrogen (secondary N) is 1. The van der Waals surface area contributed by atoms with Crippen molar-refractivity contribution in [2.45, 2.75) is 37.1 Å². The van der Waals surface area contributed by atoms with Crippen molar-refractivity contribution in [1.82, 2.24) is 5.32 Å². The molecule has 2 aliphatic rings. The predicted molar refractivity (Wildman–Crippen MR) is 97.7 cm³/mol. The summed E-state index contributed by atoms with van der Waals surface area (Å²) in [7, 11) is 0. The zero-order valence-corrected chi connectivity index (χ0v) is 14.7. The summed E-state index contributed by atoms with van der Waals surface area (Å²) in [6, 6.07) is 19.9. The Morgan fingerprint density at radius 3 is 2.42 bits per heavy atom. The van der Waals surface area contributed by atoms with Crippen molar-refractivity contribution >= 4 is 0 Å². The lowest BCUT2D eigenvalue weighted by atomic mass is 10.1. The van der Waals surface area contributed by atoms with Gasteiger partial charge >= 0.3 is 0 Å². The lowest BCUT2D eigenvalue weighted by molar-refractivity contribution is -0.0394. The Kier molecular flexibility index (Phi) is 5.62. The molecule has 2 N–H and O–H groups in total. The first-order valence-electron chi connectivity index (χ1n) is 9.16. The Morgan fingerprint density at radius 1 is 0.962 bits per heavy atom. The molecule has 2 saturated heterocycles. The van der Waals surface area contributed by atoms with Gasteiger partial charge in [-0.05, 0) is 11.1 Å². The van der Waals surface area contributed by atoms with Crippen LogP contribution in [0.2, 0.25) is 0 Å². The van der Waals surface area contributed by atoms with Crippen molar-refractivity contribution < 1.29 is 19.3 Å². The van der Waals surface area contributed by atoms with Crippen molar-refractivity contribution in [2.75, 3.05) is 19.8 Å². The molecule has 2 aromatic rings. The summed E-state index contributed by atoms with van der Waals surface area (Å²) >= 11 is 0. The van der Waals surface area contributed by atoms with Crippen LogP contribution in [0.4, 0.5) is 0 Å². The highest BCUT2D eigenvalue weighted by molar-refractivity contribution is 5.17. The summed E-state index contributed by atoms with van der Waals surface area (Å²) in [5.41, 5.74) is 2.06. The van der Waals surface area contributed by atoms with Gasteiger partial charge in [-0.1, -0.05) is 60.7 Å². The molecular weight excluding hydrogens is 330 g/mol. The molecule has 0 aliphatic carbocycles. The van der Waals surface area contributed by atoms with Crippen LogP contribution >= 0.6 is 0 Å². The molecule has 2 aromatic carbocycles. The van der Waals surface area contributed by atoms with Gasteiger partial charge < -0.3 is 24.6 Å². The highest BCUT2D eigenvalue weighted by atomic mass is 16.6. The van der Waals surface area contributed by atoms with Crippen LogP contribution < -0.4 is 5.32 Å². The highest BCUT2D eigenvalue weighted by Gasteiger charge is 2.48. The number of aliphatic hydroxyl groups excluding tert-OH is 1. The Bertz CT molecular complexity index is 681. The van der Waals surface area contributed by atoms with E-state index in [0.717, 1.165) is 11.1 Å². The summed E-state index contributed by atoms with van der Waals surface area (Å²) < 4.78 is 17.9. The van der Waals surface area contributed by atoms with Crippen LogP contribution in [-0.2, 0) is 20.8 Å². The molecule has 2 fully saturated rings. The van der Waals surface area contributed by atoms with E-state index >= 15 is 0 Å². The largest absolute Gasteiger partial charge is 0.387 e. The monoisotopic (exact) mass is 355 g/mol. The zero-order chi connectivity index (χ0) is 17.8. The third kappa shape index (κ3) is 3.98. The molecule has 5 nitrogen and oxygen atoms in total. The first-order valence-corrected chi connectivity index (χ1v) is 9.16. The Labute approximate surface area is 153 Å². The van der Waals surface area contributed by atoms with Crippen LogP contribution in [0.25, 0.3) is 0 Å². The normalized spacial score (nSPS) is 28.8. The average Bonchev–Trinajstić information content (AvgIpc) is 3.28. The van der Waals surface area contributed by atoms with Gasteiger partial charge in [0, 0.05) is 6.54 Å². The Balaban J connectivity index is 1.27. The molecule has 0 aromatic heterocycles. The SMILES string of the molecule is O[C@@H](CN[C@@H]1CO[C@H]2[C@@H]1OC[C@H]2OCc1ccccc1)c1ccccc1. The first kappa shape index (κ1) is 17.6.